The highest BCUT2D eigenvalue weighted by atomic mass is 79.9. The summed E-state index contributed by atoms with van der Waals surface area (Å²) in [5.41, 5.74) is 8.23. The van der Waals surface area contributed by atoms with E-state index in [0.29, 0.717) is 29.5 Å². The van der Waals surface area contributed by atoms with E-state index in [0.717, 1.165) is 10.0 Å². The second-order valence-corrected chi connectivity index (χ2v) is 5.08. The normalized spacial score (nSPS) is 10.7. The maximum absolute atomic E-state index is 5.90. The molecule has 3 rings (SSSR count). The Labute approximate surface area is 124 Å². The van der Waals surface area contributed by atoms with Gasteiger partial charge in [-0.15, -0.1) is 0 Å². The lowest BCUT2D eigenvalue weighted by Gasteiger charge is -2.00. The molecule has 0 unspecified atom stereocenters. The molecule has 0 radical (unpaired) electrons. The highest BCUT2D eigenvalue weighted by Crippen LogP contribution is 2.23. The van der Waals surface area contributed by atoms with E-state index in [-0.39, 0.29) is 0 Å². The molecule has 0 saturated heterocycles. The predicted molar refractivity (Wildman–Crippen MR) is 78.9 cm³/mol. The minimum Gasteiger partial charge on any atom is -0.398 e. The summed E-state index contributed by atoms with van der Waals surface area (Å²) in [4.78, 5) is 8.58. The first-order valence-electron chi connectivity index (χ1n) is 6.01. The molecule has 100 valence electrons. The molecular weight excluding hydrogens is 320 g/mol. The SMILES string of the molecule is Nc1ccccc1Cc1nc(-c2ncccc2Br)no1. The lowest BCUT2D eigenvalue weighted by molar-refractivity contribution is 0.385. The first-order chi connectivity index (χ1) is 9.74. The molecule has 2 heterocycles. The van der Waals surface area contributed by atoms with Crippen LogP contribution in [0.3, 0.4) is 0 Å². The van der Waals surface area contributed by atoms with Gasteiger partial charge in [0.1, 0.15) is 5.69 Å². The fourth-order valence-electron chi connectivity index (χ4n) is 1.83. The average molecular weight is 331 g/mol. The van der Waals surface area contributed by atoms with Gasteiger partial charge in [-0.05, 0) is 39.7 Å². The summed E-state index contributed by atoms with van der Waals surface area (Å²) in [6.45, 7) is 0. The highest BCUT2D eigenvalue weighted by Gasteiger charge is 2.13. The van der Waals surface area contributed by atoms with Crippen molar-refractivity contribution >= 4 is 21.6 Å². The smallest absolute Gasteiger partial charge is 0.231 e. The van der Waals surface area contributed by atoms with E-state index in [4.69, 9.17) is 10.3 Å². The van der Waals surface area contributed by atoms with Gasteiger partial charge < -0.3 is 10.3 Å². The van der Waals surface area contributed by atoms with Gasteiger partial charge in [-0.2, -0.15) is 4.98 Å². The van der Waals surface area contributed by atoms with Crippen LogP contribution in [0, 0.1) is 0 Å². The molecule has 3 aromatic rings. The Hall–Kier alpha value is -2.21. The van der Waals surface area contributed by atoms with Crippen molar-refractivity contribution in [2.45, 2.75) is 6.42 Å². The number of hydrogen-bond donors (Lipinski definition) is 1. The molecule has 0 aliphatic rings. The van der Waals surface area contributed by atoms with Gasteiger partial charge in [0.15, 0.2) is 0 Å². The molecule has 0 saturated carbocycles. The van der Waals surface area contributed by atoms with Crippen molar-refractivity contribution in [3.63, 3.8) is 0 Å². The molecule has 0 aliphatic carbocycles. The summed E-state index contributed by atoms with van der Waals surface area (Å²) in [5, 5.41) is 3.95. The minimum atomic E-state index is 0.460. The van der Waals surface area contributed by atoms with Crippen LogP contribution in [0.15, 0.2) is 51.6 Å². The van der Waals surface area contributed by atoms with Crippen molar-refractivity contribution in [3.8, 4) is 11.5 Å². The van der Waals surface area contributed by atoms with E-state index in [1.165, 1.54) is 0 Å². The van der Waals surface area contributed by atoms with Gasteiger partial charge in [0, 0.05) is 16.4 Å². The van der Waals surface area contributed by atoms with Gasteiger partial charge in [-0.3, -0.25) is 4.98 Å². The molecule has 5 nitrogen and oxygen atoms in total. The number of pyridine rings is 1. The molecule has 0 spiro atoms. The van der Waals surface area contributed by atoms with Crippen LogP contribution in [0.25, 0.3) is 11.5 Å². The number of halogens is 1. The van der Waals surface area contributed by atoms with Crippen LogP contribution in [-0.2, 0) is 6.42 Å². The largest absolute Gasteiger partial charge is 0.398 e. The van der Waals surface area contributed by atoms with Crippen LogP contribution in [-0.4, -0.2) is 15.1 Å². The van der Waals surface area contributed by atoms with Gasteiger partial charge in [-0.1, -0.05) is 23.4 Å². The van der Waals surface area contributed by atoms with Gasteiger partial charge in [-0.25, -0.2) is 0 Å². The Morgan fingerprint density at radius 2 is 2.00 bits per heavy atom. The van der Waals surface area contributed by atoms with Crippen molar-refractivity contribution < 1.29 is 4.52 Å². The van der Waals surface area contributed by atoms with E-state index in [1.807, 2.05) is 36.4 Å². The molecule has 1 aromatic carbocycles. The van der Waals surface area contributed by atoms with Gasteiger partial charge in [0.2, 0.25) is 11.7 Å². The maximum Gasteiger partial charge on any atom is 0.231 e. The molecule has 2 N–H and O–H groups in total. The molecule has 0 amide bonds. The summed E-state index contributed by atoms with van der Waals surface area (Å²) in [7, 11) is 0. The van der Waals surface area contributed by atoms with E-state index >= 15 is 0 Å². The molecule has 6 heteroatoms. The van der Waals surface area contributed by atoms with E-state index < -0.39 is 0 Å². The van der Waals surface area contributed by atoms with Crippen molar-refractivity contribution in [2.24, 2.45) is 0 Å². The average Bonchev–Trinajstić information content (AvgIpc) is 2.90. The Balaban J connectivity index is 1.88. The summed E-state index contributed by atoms with van der Waals surface area (Å²) in [6.07, 6.45) is 2.19. The summed E-state index contributed by atoms with van der Waals surface area (Å²) in [5.74, 6) is 0.970. The first-order valence-corrected chi connectivity index (χ1v) is 6.80. The number of nitrogens with zero attached hydrogens (tertiary/aromatic N) is 3. The summed E-state index contributed by atoms with van der Waals surface area (Å²) in [6, 6.07) is 11.3. The molecular formula is C14H11BrN4O. The Bertz CT molecular complexity index is 741. The number of nitrogens with two attached hydrogens (primary N) is 1. The molecule has 20 heavy (non-hydrogen) atoms. The van der Waals surface area contributed by atoms with Gasteiger partial charge in [0.05, 0.1) is 6.42 Å². The molecule has 0 atom stereocenters. The van der Waals surface area contributed by atoms with Crippen LogP contribution in [0.5, 0.6) is 0 Å². The summed E-state index contributed by atoms with van der Waals surface area (Å²) < 4.78 is 6.08. The molecule has 2 aromatic heterocycles. The van der Waals surface area contributed by atoms with Crippen LogP contribution in [0.2, 0.25) is 0 Å². The van der Waals surface area contributed by atoms with Crippen molar-refractivity contribution in [3.05, 3.63) is 58.5 Å². The molecule has 0 aliphatic heterocycles. The number of anilines is 1. The highest BCUT2D eigenvalue weighted by molar-refractivity contribution is 9.10. The van der Waals surface area contributed by atoms with Gasteiger partial charge >= 0.3 is 0 Å². The van der Waals surface area contributed by atoms with E-state index in [2.05, 4.69) is 31.1 Å². The lowest BCUT2D eigenvalue weighted by atomic mass is 10.1. The third kappa shape index (κ3) is 2.55. The number of rotatable bonds is 3. The van der Waals surface area contributed by atoms with E-state index in [9.17, 15) is 0 Å². The van der Waals surface area contributed by atoms with Crippen LogP contribution < -0.4 is 5.73 Å². The zero-order valence-corrected chi connectivity index (χ0v) is 12.0. The third-order valence-electron chi connectivity index (χ3n) is 2.84. The van der Waals surface area contributed by atoms with Crippen LogP contribution in [0.4, 0.5) is 5.69 Å². The molecule has 0 fully saturated rings. The minimum absolute atomic E-state index is 0.460. The third-order valence-corrected chi connectivity index (χ3v) is 3.48. The number of aromatic nitrogens is 3. The fraction of sp³-hybridized carbons (Fsp3) is 0.0714. The van der Waals surface area contributed by atoms with Crippen molar-refractivity contribution in [1.29, 1.82) is 0 Å². The zero-order valence-electron chi connectivity index (χ0n) is 10.5. The van der Waals surface area contributed by atoms with Crippen LogP contribution >= 0.6 is 15.9 Å². The Morgan fingerprint density at radius 3 is 2.80 bits per heavy atom. The quantitative estimate of drug-likeness (QED) is 0.746. The zero-order chi connectivity index (χ0) is 13.9. The van der Waals surface area contributed by atoms with Crippen molar-refractivity contribution in [2.75, 3.05) is 5.73 Å². The second-order valence-electron chi connectivity index (χ2n) is 4.22. The second kappa shape index (κ2) is 5.42. The van der Waals surface area contributed by atoms with E-state index in [1.54, 1.807) is 6.20 Å². The number of benzene rings is 1. The standard InChI is InChI=1S/C14H11BrN4O/c15-10-5-3-7-17-13(10)14-18-12(20-19-14)8-9-4-1-2-6-11(9)16/h1-7H,8,16H2. The van der Waals surface area contributed by atoms with Crippen LogP contribution in [0.1, 0.15) is 11.5 Å². The molecule has 0 bridgehead atoms. The fourth-order valence-corrected chi connectivity index (χ4v) is 2.26. The first kappa shape index (κ1) is 12.8. The topological polar surface area (TPSA) is 77.8 Å². The number of para-hydroxylation sites is 1. The number of nitrogen functional groups attached to an aromatic ring is 1. The maximum atomic E-state index is 5.90. The number of hydrogen-bond acceptors (Lipinski definition) is 5. The Kier molecular flexibility index (Phi) is 3.47. The van der Waals surface area contributed by atoms with Crippen molar-refractivity contribution in [1.82, 2.24) is 15.1 Å². The van der Waals surface area contributed by atoms with Gasteiger partial charge in [0.25, 0.3) is 0 Å². The Morgan fingerprint density at radius 1 is 1.15 bits per heavy atom. The summed E-state index contributed by atoms with van der Waals surface area (Å²) >= 11 is 3.42. The predicted octanol–water partition coefficient (Wildman–Crippen LogP) is 3.07. The lowest BCUT2D eigenvalue weighted by Crippen LogP contribution is -1.95. The monoisotopic (exact) mass is 330 g/mol.